The summed E-state index contributed by atoms with van der Waals surface area (Å²) in [6.07, 6.45) is -1.37. The Morgan fingerprint density at radius 3 is 1.88 bits per heavy atom. The van der Waals surface area contributed by atoms with Crippen LogP contribution in [0.15, 0.2) is 12.1 Å². The average molecular weight is 457 g/mol. The fourth-order valence-electron chi connectivity index (χ4n) is 3.51. The van der Waals surface area contributed by atoms with E-state index in [1.807, 2.05) is 6.92 Å². The van der Waals surface area contributed by atoms with Crippen molar-refractivity contribution >= 4 is 17.9 Å². The first-order valence-electron chi connectivity index (χ1n) is 10.4. The Morgan fingerprint density at radius 2 is 1.44 bits per heavy atom. The molecule has 0 spiro atoms. The van der Waals surface area contributed by atoms with Crippen LogP contribution < -0.4 is 4.74 Å². The molecule has 1 heterocycles. The Labute approximate surface area is 185 Å². The van der Waals surface area contributed by atoms with Crippen LogP contribution in [0.25, 0.3) is 0 Å². The van der Waals surface area contributed by atoms with E-state index in [-0.39, 0.29) is 30.9 Å². The van der Waals surface area contributed by atoms with E-state index in [1.54, 1.807) is 4.90 Å². The third-order valence-electron chi connectivity index (χ3n) is 4.81. The molecule has 0 aromatic heterocycles. The van der Waals surface area contributed by atoms with E-state index >= 15 is 0 Å². The van der Waals surface area contributed by atoms with Crippen LogP contribution in [-0.4, -0.2) is 60.8 Å². The number of benzene rings is 1. The molecule has 1 unspecified atom stereocenters. The molecule has 1 fully saturated rings. The lowest BCUT2D eigenvalue weighted by Crippen LogP contribution is -2.58. The Kier molecular flexibility index (Phi) is 9.37. The number of halogens is 2. The third-order valence-corrected chi connectivity index (χ3v) is 4.81. The molecule has 1 aromatic rings. The van der Waals surface area contributed by atoms with Gasteiger partial charge < -0.3 is 18.9 Å². The van der Waals surface area contributed by atoms with Gasteiger partial charge in [0, 0.05) is 58.1 Å². The molecule has 10 heteroatoms. The summed E-state index contributed by atoms with van der Waals surface area (Å²) in [5, 5.41) is 0. The van der Waals surface area contributed by atoms with Crippen LogP contribution in [0.3, 0.4) is 0 Å². The minimum absolute atomic E-state index is 0.0168. The number of esters is 3. The number of piperidine rings is 1. The van der Waals surface area contributed by atoms with Crippen LogP contribution in [0, 0.1) is 11.6 Å². The molecule has 1 aliphatic rings. The monoisotopic (exact) mass is 457 g/mol. The zero-order valence-electron chi connectivity index (χ0n) is 18.7. The number of likely N-dealkylation sites (tertiary alicyclic amines) is 1. The summed E-state index contributed by atoms with van der Waals surface area (Å²) < 4.78 is 50.4. The second-order valence-electron chi connectivity index (χ2n) is 7.63. The molecule has 0 N–H and O–H groups in total. The predicted molar refractivity (Wildman–Crippen MR) is 109 cm³/mol. The number of unbranched alkanes of at least 4 members (excludes halogenated alkanes) is 1. The fourth-order valence-corrected chi connectivity index (χ4v) is 3.51. The Morgan fingerprint density at radius 1 is 0.938 bits per heavy atom. The summed E-state index contributed by atoms with van der Waals surface area (Å²) in [6.45, 7) is 5.72. The van der Waals surface area contributed by atoms with Crippen molar-refractivity contribution in [1.29, 1.82) is 0 Å². The van der Waals surface area contributed by atoms with Crippen LogP contribution in [0.4, 0.5) is 8.78 Å². The summed E-state index contributed by atoms with van der Waals surface area (Å²) in [5.74, 6) is -3.39. The minimum Gasteiger partial charge on any atom is -0.493 e. The number of rotatable bonds is 9. The van der Waals surface area contributed by atoms with Crippen LogP contribution in [0.1, 0.15) is 46.1 Å². The molecule has 1 aliphatic heterocycles. The highest BCUT2D eigenvalue weighted by molar-refractivity contribution is 5.68. The van der Waals surface area contributed by atoms with Gasteiger partial charge in [0.2, 0.25) is 0 Å². The van der Waals surface area contributed by atoms with Gasteiger partial charge in [-0.3, -0.25) is 19.3 Å². The molecule has 32 heavy (non-hydrogen) atoms. The lowest BCUT2D eigenvalue weighted by atomic mass is 10.00. The topological polar surface area (TPSA) is 91.4 Å². The van der Waals surface area contributed by atoms with E-state index in [1.165, 1.54) is 20.8 Å². The Hall–Kier alpha value is -2.75. The fraction of sp³-hybridized carbons (Fsp3) is 0.591. The summed E-state index contributed by atoms with van der Waals surface area (Å²) in [4.78, 5) is 36.2. The van der Waals surface area contributed by atoms with E-state index in [4.69, 9.17) is 18.9 Å². The SMILES string of the molecule is CCCCOc1cc(F)c(CN2C[C@H](OC(C)=O)C(OC(C)=O)[C@H](OC(C)=O)C2)c(F)c1. The molecule has 1 aromatic carbocycles. The molecule has 2 rings (SSSR count). The maximum Gasteiger partial charge on any atom is 0.303 e. The number of ether oxygens (including phenoxy) is 4. The molecule has 178 valence electrons. The molecule has 8 nitrogen and oxygen atoms in total. The van der Waals surface area contributed by atoms with Crippen molar-refractivity contribution in [2.75, 3.05) is 19.7 Å². The zero-order chi connectivity index (χ0) is 23.8. The highest BCUT2D eigenvalue weighted by Crippen LogP contribution is 2.26. The molecule has 1 saturated heterocycles. The molecule has 0 aliphatic carbocycles. The number of hydrogen-bond acceptors (Lipinski definition) is 8. The molecule has 0 amide bonds. The van der Waals surface area contributed by atoms with E-state index in [0.717, 1.165) is 25.0 Å². The van der Waals surface area contributed by atoms with E-state index in [0.29, 0.717) is 6.61 Å². The summed E-state index contributed by atoms with van der Waals surface area (Å²) >= 11 is 0. The Bertz CT molecular complexity index is 783. The van der Waals surface area contributed by atoms with Crippen molar-refractivity contribution in [2.24, 2.45) is 0 Å². The standard InChI is InChI=1S/C22H29F2NO7/c1-5-6-7-29-16-8-18(23)17(19(24)9-16)10-25-11-20(30-13(2)26)22(32-15(4)28)21(12-25)31-14(3)27/h8-9,20-22H,5-7,10-12H2,1-4H3/t20-,21+,22?. The summed E-state index contributed by atoms with van der Waals surface area (Å²) in [5.41, 5.74) is -0.207. The van der Waals surface area contributed by atoms with Gasteiger partial charge in [-0.2, -0.15) is 0 Å². The number of nitrogens with zero attached hydrogens (tertiary/aromatic N) is 1. The van der Waals surface area contributed by atoms with Gasteiger partial charge in [0.25, 0.3) is 0 Å². The molecule has 0 radical (unpaired) electrons. The molecule has 0 saturated carbocycles. The first kappa shape index (κ1) is 25.5. The largest absolute Gasteiger partial charge is 0.493 e. The summed E-state index contributed by atoms with van der Waals surface area (Å²) in [6, 6.07) is 2.24. The van der Waals surface area contributed by atoms with Gasteiger partial charge >= 0.3 is 17.9 Å². The first-order chi connectivity index (χ1) is 15.1. The van der Waals surface area contributed by atoms with Gasteiger partial charge in [0.15, 0.2) is 18.3 Å². The maximum atomic E-state index is 14.7. The van der Waals surface area contributed by atoms with Crippen LogP contribution in [0.5, 0.6) is 5.75 Å². The van der Waals surface area contributed by atoms with Gasteiger partial charge in [-0.15, -0.1) is 0 Å². The predicted octanol–water partition coefficient (Wildman–Crippen LogP) is 2.75. The van der Waals surface area contributed by atoms with E-state index in [9.17, 15) is 23.2 Å². The van der Waals surface area contributed by atoms with Gasteiger partial charge in [-0.25, -0.2) is 8.78 Å². The minimum atomic E-state index is -1.04. The molecule has 0 bridgehead atoms. The lowest BCUT2D eigenvalue weighted by Gasteiger charge is -2.41. The third kappa shape index (κ3) is 7.44. The van der Waals surface area contributed by atoms with E-state index < -0.39 is 47.9 Å². The first-order valence-corrected chi connectivity index (χ1v) is 10.4. The number of carbonyl (C=O) groups excluding carboxylic acids is 3. The van der Waals surface area contributed by atoms with Gasteiger partial charge in [-0.1, -0.05) is 13.3 Å². The van der Waals surface area contributed by atoms with Crippen molar-refractivity contribution in [3.63, 3.8) is 0 Å². The molecular weight excluding hydrogens is 428 g/mol. The second-order valence-corrected chi connectivity index (χ2v) is 7.63. The smallest absolute Gasteiger partial charge is 0.303 e. The van der Waals surface area contributed by atoms with Crippen LogP contribution >= 0.6 is 0 Å². The normalized spacial score (nSPS) is 21.0. The van der Waals surface area contributed by atoms with Crippen molar-refractivity contribution in [3.8, 4) is 5.75 Å². The van der Waals surface area contributed by atoms with Gasteiger partial charge in [0.1, 0.15) is 17.4 Å². The van der Waals surface area contributed by atoms with E-state index in [2.05, 4.69) is 0 Å². The van der Waals surface area contributed by atoms with Crippen molar-refractivity contribution in [1.82, 2.24) is 4.90 Å². The summed E-state index contributed by atoms with van der Waals surface area (Å²) in [7, 11) is 0. The Balaban J connectivity index is 2.24. The number of carbonyl (C=O) groups is 3. The van der Waals surface area contributed by atoms with Gasteiger partial charge in [0.05, 0.1) is 6.61 Å². The second kappa shape index (κ2) is 11.8. The quantitative estimate of drug-likeness (QED) is 0.318. The highest BCUT2D eigenvalue weighted by Gasteiger charge is 2.43. The molecular formula is C22H29F2NO7. The van der Waals surface area contributed by atoms with Crippen LogP contribution in [-0.2, 0) is 35.1 Å². The van der Waals surface area contributed by atoms with Crippen molar-refractivity contribution in [2.45, 2.75) is 65.4 Å². The zero-order valence-corrected chi connectivity index (χ0v) is 18.7. The van der Waals surface area contributed by atoms with Crippen molar-refractivity contribution in [3.05, 3.63) is 29.3 Å². The van der Waals surface area contributed by atoms with Crippen molar-refractivity contribution < 1.29 is 42.1 Å². The van der Waals surface area contributed by atoms with Gasteiger partial charge in [-0.05, 0) is 6.42 Å². The lowest BCUT2D eigenvalue weighted by molar-refractivity contribution is -0.195. The average Bonchev–Trinajstić information content (AvgIpc) is 2.66. The number of hydrogen-bond donors (Lipinski definition) is 0. The van der Waals surface area contributed by atoms with Crippen LogP contribution in [0.2, 0.25) is 0 Å². The molecule has 3 atom stereocenters. The highest BCUT2D eigenvalue weighted by atomic mass is 19.1. The maximum absolute atomic E-state index is 14.7.